The monoisotopic (exact) mass is 477 g/mol. The molecule has 0 saturated heterocycles. The Labute approximate surface area is 201 Å². The third kappa shape index (κ3) is 4.75. The summed E-state index contributed by atoms with van der Waals surface area (Å²) in [6, 6.07) is 13.7. The summed E-state index contributed by atoms with van der Waals surface area (Å²) in [7, 11) is 0. The summed E-state index contributed by atoms with van der Waals surface area (Å²) < 4.78 is 1.63. The second kappa shape index (κ2) is 9.53. The number of hydrogen-bond donors (Lipinski definition) is 1. The van der Waals surface area contributed by atoms with Crippen molar-refractivity contribution in [3.8, 4) is 5.69 Å². The minimum absolute atomic E-state index is 0.0883. The van der Waals surface area contributed by atoms with Crippen LogP contribution in [0, 0.1) is 27.7 Å². The number of anilines is 1. The lowest BCUT2D eigenvalue weighted by Crippen LogP contribution is -2.23. The molecule has 0 atom stereocenters. The van der Waals surface area contributed by atoms with Gasteiger partial charge in [0.05, 0.1) is 16.8 Å². The first-order valence-corrected chi connectivity index (χ1v) is 12.7. The number of rotatable bonds is 6. The average molecular weight is 478 g/mol. The van der Waals surface area contributed by atoms with Crippen molar-refractivity contribution in [3.05, 3.63) is 79.9 Å². The van der Waals surface area contributed by atoms with E-state index in [1.54, 1.807) is 15.9 Å². The van der Waals surface area contributed by atoms with Crippen LogP contribution >= 0.6 is 23.1 Å². The lowest BCUT2D eigenvalue weighted by molar-refractivity contribution is -0.113. The van der Waals surface area contributed by atoms with Crippen LogP contribution in [0.1, 0.15) is 34.1 Å². The fourth-order valence-electron chi connectivity index (χ4n) is 3.84. The Balaban J connectivity index is 1.71. The standard InChI is InChI=1S/C26H27N3O2S2/c1-6-21-18(5)23-24(33-21)28-26(29(25(23)31)19-10-7-15(2)8-11-19)32-14-22(30)27-20-12-9-16(3)13-17(20)4/h7-13H,6,14H2,1-5H3,(H,27,30). The number of amides is 1. The maximum Gasteiger partial charge on any atom is 0.267 e. The Kier molecular flexibility index (Phi) is 6.72. The van der Waals surface area contributed by atoms with Crippen molar-refractivity contribution < 1.29 is 4.79 Å². The highest BCUT2D eigenvalue weighted by Gasteiger charge is 2.19. The van der Waals surface area contributed by atoms with Crippen LogP contribution in [-0.4, -0.2) is 21.2 Å². The van der Waals surface area contributed by atoms with Gasteiger partial charge in [-0.05, 0) is 63.4 Å². The van der Waals surface area contributed by atoms with E-state index in [1.807, 2.05) is 70.2 Å². The number of hydrogen-bond acceptors (Lipinski definition) is 5. The van der Waals surface area contributed by atoms with Gasteiger partial charge in [-0.1, -0.05) is 54.1 Å². The molecule has 2 heterocycles. The third-order valence-electron chi connectivity index (χ3n) is 5.63. The van der Waals surface area contributed by atoms with E-state index in [9.17, 15) is 9.59 Å². The Bertz CT molecular complexity index is 1400. The molecule has 0 saturated carbocycles. The molecular formula is C26H27N3O2S2. The van der Waals surface area contributed by atoms with Crippen molar-refractivity contribution in [1.82, 2.24) is 9.55 Å². The number of thiophene rings is 1. The first-order chi connectivity index (χ1) is 15.8. The van der Waals surface area contributed by atoms with Crippen LogP contribution in [0.4, 0.5) is 5.69 Å². The van der Waals surface area contributed by atoms with Crippen LogP contribution in [0.5, 0.6) is 0 Å². The van der Waals surface area contributed by atoms with Gasteiger partial charge < -0.3 is 5.32 Å². The lowest BCUT2D eigenvalue weighted by atomic mass is 10.1. The number of fused-ring (bicyclic) bond motifs is 1. The molecule has 0 spiro atoms. The van der Waals surface area contributed by atoms with Crippen LogP contribution in [0.2, 0.25) is 0 Å². The zero-order chi connectivity index (χ0) is 23.7. The van der Waals surface area contributed by atoms with Gasteiger partial charge in [-0.15, -0.1) is 11.3 Å². The van der Waals surface area contributed by atoms with Gasteiger partial charge in [-0.2, -0.15) is 0 Å². The number of thioether (sulfide) groups is 1. The number of nitrogens with one attached hydrogen (secondary N) is 1. The largest absolute Gasteiger partial charge is 0.325 e. The van der Waals surface area contributed by atoms with E-state index in [0.29, 0.717) is 10.5 Å². The van der Waals surface area contributed by atoms with Gasteiger partial charge in [-0.3, -0.25) is 14.2 Å². The molecule has 0 radical (unpaired) electrons. The molecular weight excluding hydrogens is 450 g/mol. The molecule has 170 valence electrons. The molecule has 2 aromatic carbocycles. The van der Waals surface area contributed by atoms with Crippen molar-refractivity contribution in [2.45, 2.75) is 46.2 Å². The Morgan fingerprint density at radius 3 is 2.42 bits per heavy atom. The van der Waals surface area contributed by atoms with E-state index in [2.05, 4.69) is 12.2 Å². The fourth-order valence-corrected chi connectivity index (χ4v) is 5.81. The Morgan fingerprint density at radius 1 is 1.06 bits per heavy atom. The van der Waals surface area contributed by atoms with Crippen molar-refractivity contribution in [2.24, 2.45) is 0 Å². The van der Waals surface area contributed by atoms with Gasteiger partial charge in [0, 0.05) is 10.6 Å². The molecule has 0 unspecified atom stereocenters. The number of aryl methyl sites for hydroxylation is 5. The molecule has 0 aliphatic rings. The van der Waals surface area contributed by atoms with Crippen LogP contribution in [-0.2, 0) is 11.2 Å². The topological polar surface area (TPSA) is 64.0 Å². The highest BCUT2D eigenvalue weighted by atomic mass is 32.2. The molecule has 2 aromatic heterocycles. The zero-order valence-corrected chi connectivity index (χ0v) is 21.1. The van der Waals surface area contributed by atoms with Crippen LogP contribution < -0.4 is 10.9 Å². The predicted octanol–water partition coefficient (Wildman–Crippen LogP) is 5.97. The van der Waals surface area contributed by atoms with Gasteiger partial charge in [-0.25, -0.2) is 4.98 Å². The summed E-state index contributed by atoms with van der Waals surface area (Å²) in [6.45, 7) is 10.1. The molecule has 0 bridgehead atoms. The van der Waals surface area contributed by atoms with Crippen molar-refractivity contribution >= 4 is 44.9 Å². The summed E-state index contributed by atoms with van der Waals surface area (Å²) >= 11 is 2.84. The van der Waals surface area contributed by atoms with E-state index in [-0.39, 0.29) is 17.2 Å². The molecule has 5 nitrogen and oxygen atoms in total. The first-order valence-electron chi connectivity index (χ1n) is 10.9. The Hall–Kier alpha value is -2.90. The first kappa shape index (κ1) is 23.3. The number of nitrogens with zero attached hydrogens (tertiary/aromatic N) is 2. The Morgan fingerprint density at radius 2 is 1.76 bits per heavy atom. The van der Waals surface area contributed by atoms with Crippen molar-refractivity contribution in [2.75, 3.05) is 11.1 Å². The van der Waals surface area contributed by atoms with Gasteiger partial charge in [0.15, 0.2) is 5.16 Å². The highest BCUT2D eigenvalue weighted by molar-refractivity contribution is 7.99. The number of benzene rings is 2. The molecule has 7 heteroatoms. The molecule has 1 amide bonds. The predicted molar refractivity (Wildman–Crippen MR) is 139 cm³/mol. The normalized spacial score (nSPS) is 11.2. The van der Waals surface area contributed by atoms with E-state index >= 15 is 0 Å². The molecule has 33 heavy (non-hydrogen) atoms. The number of carbonyl (C=O) groups is 1. The van der Waals surface area contributed by atoms with Crippen LogP contribution in [0.25, 0.3) is 15.9 Å². The van der Waals surface area contributed by atoms with Crippen molar-refractivity contribution in [1.29, 1.82) is 0 Å². The van der Waals surface area contributed by atoms with E-state index in [1.165, 1.54) is 16.6 Å². The third-order valence-corrected chi connectivity index (χ3v) is 7.90. The van der Waals surface area contributed by atoms with Crippen molar-refractivity contribution in [3.63, 3.8) is 0 Å². The maximum atomic E-state index is 13.6. The quantitative estimate of drug-likeness (QED) is 0.274. The summed E-state index contributed by atoms with van der Waals surface area (Å²) in [6.07, 6.45) is 0.859. The molecule has 0 aliphatic heterocycles. The smallest absolute Gasteiger partial charge is 0.267 e. The SMILES string of the molecule is CCc1sc2nc(SCC(=O)Nc3ccc(C)cc3C)n(-c3ccc(C)cc3)c(=O)c2c1C. The zero-order valence-electron chi connectivity index (χ0n) is 19.5. The molecule has 1 N–H and O–H groups in total. The number of aromatic nitrogens is 2. The fraction of sp³-hybridized carbons (Fsp3) is 0.269. The summed E-state index contributed by atoms with van der Waals surface area (Å²) in [4.78, 5) is 33.1. The van der Waals surface area contributed by atoms with Gasteiger partial charge in [0.2, 0.25) is 5.91 Å². The van der Waals surface area contributed by atoms with Gasteiger partial charge in [0.25, 0.3) is 5.56 Å². The second-order valence-corrected chi connectivity index (χ2v) is 10.2. The van der Waals surface area contributed by atoms with E-state index in [0.717, 1.165) is 44.9 Å². The van der Waals surface area contributed by atoms with E-state index in [4.69, 9.17) is 4.98 Å². The van der Waals surface area contributed by atoms with E-state index < -0.39 is 0 Å². The second-order valence-electron chi connectivity index (χ2n) is 8.21. The maximum absolute atomic E-state index is 13.6. The molecule has 0 aliphatic carbocycles. The summed E-state index contributed by atoms with van der Waals surface area (Å²) in [5, 5.41) is 4.17. The summed E-state index contributed by atoms with van der Waals surface area (Å²) in [5.41, 5.74) is 5.74. The minimum Gasteiger partial charge on any atom is -0.325 e. The average Bonchev–Trinajstić information content (AvgIpc) is 3.11. The lowest BCUT2D eigenvalue weighted by Gasteiger charge is -2.13. The molecule has 0 fully saturated rings. The highest BCUT2D eigenvalue weighted by Crippen LogP contribution is 2.30. The minimum atomic E-state index is -0.131. The summed E-state index contributed by atoms with van der Waals surface area (Å²) in [5.74, 6) is 0.0237. The number of carbonyl (C=O) groups excluding carboxylic acids is 1. The molecule has 4 aromatic rings. The molecule has 4 rings (SSSR count). The van der Waals surface area contributed by atoms with Crippen LogP contribution in [0.3, 0.4) is 0 Å². The van der Waals surface area contributed by atoms with Crippen LogP contribution in [0.15, 0.2) is 52.4 Å². The van der Waals surface area contributed by atoms with Gasteiger partial charge >= 0.3 is 0 Å². The van der Waals surface area contributed by atoms with Gasteiger partial charge in [0.1, 0.15) is 4.83 Å².